The summed E-state index contributed by atoms with van der Waals surface area (Å²) in [5.41, 5.74) is 1.77. The highest BCUT2D eigenvalue weighted by molar-refractivity contribution is 5.81. The standard InChI is InChI=1S/C21H25N3O2/c25-19(13-15-23-21(26)17-10-4-5-11-17)24-20(16-8-2-1-3-9-16)18-12-6-7-14-22-18/h1-3,6-9,12,14,17,20H,4-5,10-11,13,15H2,(H,23,26)(H,24,25)/t20-/m1/s1. The van der Waals surface area contributed by atoms with Gasteiger partial charge in [-0.15, -0.1) is 0 Å². The molecule has 1 aromatic carbocycles. The molecule has 1 saturated carbocycles. The normalized spacial score (nSPS) is 15.4. The van der Waals surface area contributed by atoms with Gasteiger partial charge in [-0.3, -0.25) is 14.6 Å². The smallest absolute Gasteiger partial charge is 0.223 e. The first-order valence-electron chi connectivity index (χ1n) is 9.27. The van der Waals surface area contributed by atoms with E-state index in [1.165, 1.54) is 0 Å². The molecule has 1 aliphatic rings. The van der Waals surface area contributed by atoms with Crippen LogP contribution in [-0.2, 0) is 9.59 Å². The van der Waals surface area contributed by atoms with Gasteiger partial charge < -0.3 is 10.6 Å². The van der Waals surface area contributed by atoms with Crippen molar-refractivity contribution in [3.8, 4) is 0 Å². The molecular weight excluding hydrogens is 326 g/mol. The molecule has 1 atom stereocenters. The van der Waals surface area contributed by atoms with E-state index in [-0.39, 0.29) is 30.2 Å². The van der Waals surface area contributed by atoms with Gasteiger partial charge in [0.05, 0.1) is 11.7 Å². The lowest BCUT2D eigenvalue weighted by atomic mass is 10.0. The third-order valence-electron chi connectivity index (χ3n) is 4.80. The van der Waals surface area contributed by atoms with Crippen molar-refractivity contribution in [3.63, 3.8) is 0 Å². The van der Waals surface area contributed by atoms with Crippen molar-refractivity contribution in [3.05, 3.63) is 66.0 Å². The van der Waals surface area contributed by atoms with Crippen molar-refractivity contribution in [2.75, 3.05) is 6.54 Å². The molecule has 2 N–H and O–H groups in total. The summed E-state index contributed by atoms with van der Waals surface area (Å²) in [7, 11) is 0. The van der Waals surface area contributed by atoms with E-state index < -0.39 is 0 Å². The van der Waals surface area contributed by atoms with Gasteiger partial charge in [-0.1, -0.05) is 49.2 Å². The number of benzene rings is 1. The van der Waals surface area contributed by atoms with Crippen LogP contribution in [-0.4, -0.2) is 23.3 Å². The molecule has 0 spiro atoms. The van der Waals surface area contributed by atoms with E-state index >= 15 is 0 Å². The molecule has 0 saturated heterocycles. The molecule has 1 aromatic heterocycles. The van der Waals surface area contributed by atoms with Crippen LogP contribution in [0.25, 0.3) is 0 Å². The van der Waals surface area contributed by atoms with Crippen LogP contribution < -0.4 is 10.6 Å². The van der Waals surface area contributed by atoms with E-state index in [2.05, 4.69) is 15.6 Å². The van der Waals surface area contributed by atoms with E-state index in [4.69, 9.17) is 0 Å². The molecule has 1 fully saturated rings. The zero-order valence-electron chi connectivity index (χ0n) is 14.9. The van der Waals surface area contributed by atoms with Crippen molar-refractivity contribution in [1.82, 2.24) is 15.6 Å². The molecule has 2 amide bonds. The summed E-state index contributed by atoms with van der Waals surface area (Å²) >= 11 is 0. The topological polar surface area (TPSA) is 71.1 Å². The number of nitrogens with zero attached hydrogens (tertiary/aromatic N) is 1. The van der Waals surface area contributed by atoms with Gasteiger partial charge >= 0.3 is 0 Å². The van der Waals surface area contributed by atoms with Crippen LogP contribution in [0.5, 0.6) is 0 Å². The van der Waals surface area contributed by atoms with Crippen LogP contribution in [0.2, 0.25) is 0 Å². The number of carbonyl (C=O) groups excluding carboxylic acids is 2. The van der Waals surface area contributed by atoms with Crippen LogP contribution in [0.1, 0.15) is 49.4 Å². The van der Waals surface area contributed by atoms with Crippen molar-refractivity contribution in [2.24, 2.45) is 5.92 Å². The molecular formula is C21H25N3O2. The Morgan fingerprint density at radius 2 is 1.77 bits per heavy atom. The van der Waals surface area contributed by atoms with Crippen LogP contribution >= 0.6 is 0 Å². The Bertz CT molecular complexity index is 673. The fourth-order valence-corrected chi connectivity index (χ4v) is 3.38. The lowest BCUT2D eigenvalue weighted by Gasteiger charge is -2.19. The summed E-state index contributed by atoms with van der Waals surface area (Å²) in [5.74, 6) is 0.111. The van der Waals surface area contributed by atoms with Crippen molar-refractivity contribution in [1.29, 1.82) is 0 Å². The minimum Gasteiger partial charge on any atom is -0.355 e. The Balaban J connectivity index is 1.56. The molecule has 0 unspecified atom stereocenters. The van der Waals surface area contributed by atoms with Crippen molar-refractivity contribution < 1.29 is 9.59 Å². The zero-order chi connectivity index (χ0) is 18.2. The number of aromatic nitrogens is 1. The molecule has 26 heavy (non-hydrogen) atoms. The molecule has 3 rings (SSSR count). The van der Waals surface area contributed by atoms with Gasteiger partial charge in [0, 0.05) is 25.1 Å². The lowest BCUT2D eigenvalue weighted by molar-refractivity contribution is -0.125. The van der Waals surface area contributed by atoms with Crippen LogP contribution in [0, 0.1) is 5.92 Å². The number of carbonyl (C=O) groups is 2. The monoisotopic (exact) mass is 351 g/mol. The highest BCUT2D eigenvalue weighted by Crippen LogP contribution is 2.24. The first-order valence-corrected chi connectivity index (χ1v) is 9.27. The molecule has 0 radical (unpaired) electrons. The van der Waals surface area contributed by atoms with Crippen molar-refractivity contribution in [2.45, 2.75) is 38.1 Å². The average Bonchev–Trinajstić information content (AvgIpc) is 3.22. The second-order valence-electron chi connectivity index (χ2n) is 6.69. The maximum atomic E-state index is 12.4. The second kappa shape index (κ2) is 9.13. The molecule has 1 heterocycles. The third kappa shape index (κ3) is 4.91. The number of rotatable bonds is 7. The fraction of sp³-hybridized carbons (Fsp3) is 0.381. The van der Waals surface area contributed by atoms with E-state index in [1.54, 1.807) is 6.20 Å². The van der Waals surface area contributed by atoms with E-state index in [9.17, 15) is 9.59 Å². The minimum absolute atomic E-state index is 0.0830. The SMILES string of the molecule is O=C(CCNC(=O)C1CCCC1)N[C@H](c1ccccc1)c1ccccn1. The first kappa shape index (κ1) is 18.1. The van der Waals surface area contributed by atoms with Gasteiger partial charge in [0.1, 0.15) is 0 Å². The summed E-state index contributed by atoms with van der Waals surface area (Å²) < 4.78 is 0. The van der Waals surface area contributed by atoms with Gasteiger partial charge in [0.15, 0.2) is 0 Å². The minimum atomic E-state index is -0.296. The number of amides is 2. The Morgan fingerprint density at radius 1 is 1.04 bits per heavy atom. The molecule has 5 heteroatoms. The Hall–Kier alpha value is -2.69. The van der Waals surface area contributed by atoms with Crippen LogP contribution in [0.4, 0.5) is 0 Å². The number of hydrogen-bond donors (Lipinski definition) is 2. The van der Waals surface area contributed by atoms with Crippen molar-refractivity contribution >= 4 is 11.8 Å². The Kier molecular flexibility index (Phi) is 6.36. The summed E-state index contributed by atoms with van der Waals surface area (Å²) in [6, 6.07) is 15.1. The molecule has 5 nitrogen and oxygen atoms in total. The van der Waals surface area contributed by atoms with E-state index in [0.29, 0.717) is 6.54 Å². The van der Waals surface area contributed by atoms with Gasteiger partial charge in [-0.2, -0.15) is 0 Å². The van der Waals surface area contributed by atoms with E-state index in [1.807, 2.05) is 48.5 Å². The molecule has 136 valence electrons. The summed E-state index contributed by atoms with van der Waals surface area (Å²) in [6.45, 7) is 0.366. The fourth-order valence-electron chi connectivity index (χ4n) is 3.38. The molecule has 0 aliphatic heterocycles. The lowest BCUT2D eigenvalue weighted by Crippen LogP contribution is -2.35. The Labute approximate surface area is 154 Å². The summed E-state index contributed by atoms with van der Waals surface area (Å²) in [5, 5.41) is 5.93. The summed E-state index contributed by atoms with van der Waals surface area (Å²) in [4.78, 5) is 28.8. The van der Waals surface area contributed by atoms with Gasteiger partial charge in [0.25, 0.3) is 0 Å². The third-order valence-corrected chi connectivity index (χ3v) is 4.80. The average molecular weight is 351 g/mol. The predicted octanol–water partition coefficient (Wildman–Crippen LogP) is 2.98. The van der Waals surface area contributed by atoms with Crippen LogP contribution in [0.3, 0.4) is 0 Å². The highest BCUT2D eigenvalue weighted by Gasteiger charge is 2.22. The second-order valence-corrected chi connectivity index (χ2v) is 6.69. The largest absolute Gasteiger partial charge is 0.355 e. The zero-order valence-corrected chi connectivity index (χ0v) is 14.9. The highest BCUT2D eigenvalue weighted by atomic mass is 16.2. The number of hydrogen-bond acceptors (Lipinski definition) is 3. The molecule has 1 aliphatic carbocycles. The predicted molar refractivity (Wildman–Crippen MR) is 100 cm³/mol. The van der Waals surface area contributed by atoms with Crippen LogP contribution in [0.15, 0.2) is 54.7 Å². The first-order chi connectivity index (χ1) is 12.7. The van der Waals surface area contributed by atoms with E-state index in [0.717, 1.165) is 36.9 Å². The van der Waals surface area contributed by atoms with Gasteiger partial charge in [-0.25, -0.2) is 0 Å². The molecule has 2 aromatic rings. The Morgan fingerprint density at radius 3 is 2.46 bits per heavy atom. The van der Waals surface area contributed by atoms with Gasteiger partial charge in [0.2, 0.25) is 11.8 Å². The number of pyridine rings is 1. The number of nitrogens with one attached hydrogen (secondary N) is 2. The maximum Gasteiger partial charge on any atom is 0.223 e. The summed E-state index contributed by atoms with van der Waals surface area (Å²) in [6.07, 6.45) is 6.16. The van der Waals surface area contributed by atoms with Gasteiger partial charge in [-0.05, 0) is 30.5 Å². The molecule has 0 bridgehead atoms. The maximum absolute atomic E-state index is 12.4. The quantitative estimate of drug-likeness (QED) is 0.805.